The first-order valence-corrected chi connectivity index (χ1v) is 23.3. The molecule has 364 valence electrons. The van der Waals surface area contributed by atoms with E-state index in [0.717, 1.165) is 51.4 Å². The highest BCUT2D eigenvalue weighted by atomic mass is 16.7. The smallest absolute Gasteiger partial charge is 0.306 e. The number of aliphatic hydroxyl groups excluding tert-OH is 7. The van der Waals surface area contributed by atoms with E-state index in [0.29, 0.717) is 19.3 Å². The molecule has 0 radical (unpaired) electrons. The van der Waals surface area contributed by atoms with Gasteiger partial charge < -0.3 is 64.2 Å². The van der Waals surface area contributed by atoms with Crippen molar-refractivity contribution in [1.82, 2.24) is 0 Å². The summed E-state index contributed by atoms with van der Waals surface area (Å²) < 4.78 is 33.4. The van der Waals surface area contributed by atoms with E-state index in [1.807, 2.05) is 54.7 Å². The van der Waals surface area contributed by atoms with Crippen molar-refractivity contribution in [3.05, 3.63) is 85.1 Å². The SMILES string of the molecule is CC/C=C/C=C/C=C/C=C/C=C/CCCC(=O)OC(COC(=O)CCCCCCCC/C=C/C=C/CCCCC)CO[C@@H]1O[C@H](CO[C@@H]2O[C@H](CO)[C@H](O)C(O)C2O)[C@H](O)C(O)C1O. The Morgan fingerprint density at radius 1 is 0.516 bits per heavy atom. The van der Waals surface area contributed by atoms with Gasteiger partial charge in [0.05, 0.1) is 19.8 Å². The molecule has 2 heterocycles. The maximum atomic E-state index is 12.9. The van der Waals surface area contributed by atoms with Gasteiger partial charge in [0.25, 0.3) is 0 Å². The van der Waals surface area contributed by atoms with Gasteiger partial charge in [-0.1, -0.05) is 137 Å². The molecule has 15 nitrogen and oxygen atoms in total. The molecule has 11 atom stereocenters. The van der Waals surface area contributed by atoms with Crippen LogP contribution in [0.4, 0.5) is 0 Å². The number of esters is 2. The molecule has 0 aromatic heterocycles. The largest absolute Gasteiger partial charge is 0.462 e. The van der Waals surface area contributed by atoms with E-state index in [1.165, 1.54) is 19.3 Å². The molecule has 7 N–H and O–H groups in total. The van der Waals surface area contributed by atoms with Gasteiger partial charge in [-0.2, -0.15) is 0 Å². The Balaban J connectivity index is 1.89. The second kappa shape index (κ2) is 35.9. The van der Waals surface area contributed by atoms with Crippen LogP contribution in [0.3, 0.4) is 0 Å². The predicted octanol–water partition coefficient (Wildman–Crippen LogP) is 5.26. The normalized spacial score (nSPS) is 27.4. The van der Waals surface area contributed by atoms with E-state index in [1.54, 1.807) is 0 Å². The van der Waals surface area contributed by atoms with Crippen LogP contribution < -0.4 is 0 Å². The molecule has 0 aromatic carbocycles. The van der Waals surface area contributed by atoms with Crippen molar-refractivity contribution < 1.29 is 73.8 Å². The molecule has 2 saturated heterocycles. The third-order valence-electron chi connectivity index (χ3n) is 10.5. The van der Waals surface area contributed by atoms with E-state index in [2.05, 4.69) is 44.2 Å². The van der Waals surface area contributed by atoms with E-state index in [4.69, 9.17) is 28.4 Å². The van der Waals surface area contributed by atoms with Crippen molar-refractivity contribution >= 4 is 11.9 Å². The lowest BCUT2D eigenvalue weighted by molar-refractivity contribution is -0.332. The zero-order valence-electron chi connectivity index (χ0n) is 38.0. The molecular weight excluding hydrogens is 829 g/mol. The van der Waals surface area contributed by atoms with Gasteiger partial charge in [-0.25, -0.2) is 0 Å². The molecule has 15 heteroatoms. The number of hydrogen-bond donors (Lipinski definition) is 7. The topological polar surface area (TPSA) is 231 Å². The van der Waals surface area contributed by atoms with Crippen molar-refractivity contribution in [1.29, 1.82) is 0 Å². The highest BCUT2D eigenvalue weighted by molar-refractivity contribution is 5.70. The van der Waals surface area contributed by atoms with Gasteiger partial charge in [-0.3, -0.25) is 9.59 Å². The van der Waals surface area contributed by atoms with Gasteiger partial charge in [-0.05, 0) is 51.4 Å². The monoisotopic (exact) mass is 907 g/mol. The summed E-state index contributed by atoms with van der Waals surface area (Å²) in [6.07, 6.45) is 24.9. The van der Waals surface area contributed by atoms with E-state index >= 15 is 0 Å². The van der Waals surface area contributed by atoms with Crippen LogP contribution in [0.1, 0.15) is 117 Å². The van der Waals surface area contributed by atoms with Gasteiger partial charge >= 0.3 is 11.9 Å². The van der Waals surface area contributed by atoms with Crippen LogP contribution in [0, 0.1) is 0 Å². The molecule has 0 aromatic rings. The van der Waals surface area contributed by atoms with Crippen molar-refractivity contribution in [2.24, 2.45) is 0 Å². The number of hydrogen-bond acceptors (Lipinski definition) is 15. The Morgan fingerprint density at radius 3 is 1.61 bits per heavy atom. The van der Waals surface area contributed by atoms with E-state index < -0.39 is 99.3 Å². The standard InChI is InChI=1S/C49H78O15/c1-3-5-7-9-11-13-15-17-18-20-21-23-25-27-29-31-40(51)59-34-37(62-41(52)32-30-28-26-24-22-19-16-14-12-10-8-6-4-2)35-60-48-47(58)45(56)43(54)39(64-48)36-61-49-46(57)44(55)42(53)38(33-50)63-49/h6,8,10-17,19,22,24,26,37-39,42-50,53-58H,3-5,7,9,18,20-21,23,25,27-36H2,1-2H3/b8-6+,12-10+,13-11+,16-14+,17-15+,22-19+,26-24+/t37?,38-,39-,42+,43+,44?,45?,46?,47?,48-,49-/m1/s1. The molecule has 5 unspecified atom stereocenters. The zero-order chi connectivity index (χ0) is 46.8. The summed E-state index contributed by atoms with van der Waals surface area (Å²) in [5.41, 5.74) is 0. The second-order valence-electron chi connectivity index (χ2n) is 16.0. The van der Waals surface area contributed by atoms with E-state index in [9.17, 15) is 45.3 Å². The highest BCUT2D eigenvalue weighted by Crippen LogP contribution is 2.26. The Hall–Kier alpha value is -3.32. The number of rotatable bonds is 33. The molecule has 0 bridgehead atoms. The average molecular weight is 907 g/mol. The Labute approximate surface area is 380 Å². The summed E-state index contributed by atoms with van der Waals surface area (Å²) >= 11 is 0. The fourth-order valence-corrected chi connectivity index (χ4v) is 6.65. The predicted molar refractivity (Wildman–Crippen MR) is 242 cm³/mol. The molecule has 2 aliphatic rings. The quantitative estimate of drug-likeness (QED) is 0.0253. The maximum absolute atomic E-state index is 12.9. The van der Waals surface area contributed by atoms with Crippen molar-refractivity contribution in [3.8, 4) is 0 Å². The summed E-state index contributed by atoms with van der Waals surface area (Å²) in [5.74, 6) is -1.04. The first kappa shape index (κ1) is 56.8. The molecule has 0 spiro atoms. The molecule has 64 heavy (non-hydrogen) atoms. The first-order valence-electron chi connectivity index (χ1n) is 23.3. The molecule has 0 saturated carbocycles. The molecule has 2 aliphatic heterocycles. The molecule has 2 fully saturated rings. The minimum Gasteiger partial charge on any atom is -0.462 e. The Bertz CT molecular complexity index is 1440. The third kappa shape index (κ3) is 24.3. The van der Waals surface area contributed by atoms with Gasteiger partial charge in [0.1, 0.15) is 55.4 Å². The van der Waals surface area contributed by atoms with Crippen molar-refractivity contribution in [2.45, 2.75) is 184 Å². The minimum atomic E-state index is -1.78. The molecule has 2 rings (SSSR count). The summed E-state index contributed by atoms with van der Waals surface area (Å²) in [6.45, 7) is 2.28. The van der Waals surface area contributed by atoms with Crippen LogP contribution in [0.15, 0.2) is 85.1 Å². The van der Waals surface area contributed by atoms with Crippen LogP contribution in [0.5, 0.6) is 0 Å². The summed E-state index contributed by atoms with van der Waals surface area (Å²) in [4.78, 5) is 25.6. The summed E-state index contributed by atoms with van der Waals surface area (Å²) in [7, 11) is 0. The number of aliphatic hydroxyl groups is 7. The number of carbonyl (C=O) groups excluding carboxylic acids is 2. The lowest BCUT2D eigenvalue weighted by Crippen LogP contribution is -2.61. The van der Waals surface area contributed by atoms with Gasteiger partial charge in [0.2, 0.25) is 0 Å². The lowest BCUT2D eigenvalue weighted by Gasteiger charge is -2.42. The van der Waals surface area contributed by atoms with Crippen LogP contribution in [0.25, 0.3) is 0 Å². The fourth-order valence-electron chi connectivity index (χ4n) is 6.65. The van der Waals surface area contributed by atoms with Gasteiger partial charge in [-0.15, -0.1) is 0 Å². The summed E-state index contributed by atoms with van der Waals surface area (Å²) in [6, 6.07) is 0. The second-order valence-corrected chi connectivity index (χ2v) is 16.0. The van der Waals surface area contributed by atoms with Crippen molar-refractivity contribution in [2.75, 3.05) is 26.4 Å². The number of carbonyl (C=O) groups is 2. The summed E-state index contributed by atoms with van der Waals surface area (Å²) in [5, 5.41) is 71.9. The Morgan fingerprint density at radius 2 is 1.00 bits per heavy atom. The third-order valence-corrected chi connectivity index (χ3v) is 10.5. The maximum Gasteiger partial charge on any atom is 0.306 e. The van der Waals surface area contributed by atoms with Crippen LogP contribution in [-0.4, -0.2) is 142 Å². The van der Waals surface area contributed by atoms with Crippen LogP contribution >= 0.6 is 0 Å². The first-order chi connectivity index (χ1) is 31.0. The minimum absolute atomic E-state index is 0.0613. The lowest BCUT2D eigenvalue weighted by atomic mass is 9.98. The number of ether oxygens (including phenoxy) is 6. The average Bonchev–Trinajstić information content (AvgIpc) is 3.29. The molecular formula is C49H78O15. The van der Waals surface area contributed by atoms with Crippen LogP contribution in [-0.2, 0) is 38.0 Å². The van der Waals surface area contributed by atoms with Gasteiger partial charge in [0, 0.05) is 12.8 Å². The number of unbranched alkanes of at least 4 members (excludes halogenated alkanes) is 10. The van der Waals surface area contributed by atoms with Crippen molar-refractivity contribution in [3.63, 3.8) is 0 Å². The highest BCUT2D eigenvalue weighted by Gasteiger charge is 2.47. The fraction of sp³-hybridized carbons (Fsp3) is 0.673. The van der Waals surface area contributed by atoms with E-state index in [-0.39, 0.29) is 19.4 Å². The molecule has 0 aliphatic carbocycles. The molecule has 0 amide bonds. The van der Waals surface area contributed by atoms with Gasteiger partial charge in [0.15, 0.2) is 18.7 Å². The van der Waals surface area contributed by atoms with Crippen LogP contribution in [0.2, 0.25) is 0 Å². The Kier molecular flexibility index (Phi) is 31.8. The number of allylic oxidation sites excluding steroid dienone is 14. The zero-order valence-corrected chi connectivity index (χ0v) is 38.0.